The molecular formula is C31H33BrClN5O. The van der Waals surface area contributed by atoms with Gasteiger partial charge in [0.05, 0.1) is 22.3 Å². The lowest BCUT2D eigenvalue weighted by Gasteiger charge is -2.36. The lowest BCUT2D eigenvalue weighted by atomic mass is 9.83. The van der Waals surface area contributed by atoms with Gasteiger partial charge in [-0.25, -0.2) is 4.98 Å². The highest BCUT2D eigenvalue weighted by atomic mass is 79.9. The van der Waals surface area contributed by atoms with E-state index < -0.39 is 0 Å². The minimum Gasteiger partial charge on any atom is -0.370 e. The fraction of sp³-hybridized carbons (Fsp3) is 0.387. The Labute approximate surface area is 242 Å². The van der Waals surface area contributed by atoms with E-state index >= 15 is 0 Å². The van der Waals surface area contributed by atoms with Crippen LogP contribution < -0.4 is 5.32 Å². The van der Waals surface area contributed by atoms with Gasteiger partial charge in [-0.2, -0.15) is 9.61 Å². The number of piperidine rings is 1. The van der Waals surface area contributed by atoms with E-state index in [4.69, 9.17) is 16.6 Å². The SMILES string of the molecule is O=C(C(c1ccccc1)C1CCCC1)N1CCC(CNc2cc(-c3ccccc3Cl)nc3c(Br)cnn23)CC1. The normalized spacial score (nSPS) is 17.5. The van der Waals surface area contributed by atoms with E-state index in [1.165, 1.54) is 18.4 Å². The van der Waals surface area contributed by atoms with E-state index in [0.717, 1.165) is 72.5 Å². The minimum atomic E-state index is -0.00466. The van der Waals surface area contributed by atoms with Crippen molar-refractivity contribution >= 4 is 44.9 Å². The molecular weight excluding hydrogens is 574 g/mol. The largest absolute Gasteiger partial charge is 0.370 e. The number of anilines is 1. The summed E-state index contributed by atoms with van der Waals surface area (Å²) in [5, 5.41) is 8.82. The van der Waals surface area contributed by atoms with Gasteiger partial charge < -0.3 is 10.2 Å². The van der Waals surface area contributed by atoms with Gasteiger partial charge in [0, 0.05) is 36.3 Å². The first-order valence-electron chi connectivity index (χ1n) is 14.0. The van der Waals surface area contributed by atoms with Crippen LogP contribution in [0.4, 0.5) is 5.82 Å². The van der Waals surface area contributed by atoms with E-state index in [0.29, 0.717) is 22.8 Å². The molecule has 1 saturated heterocycles. The monoisotopic (exact) mass is 605 g/mol. The average molecular weight is 607 g/mol. The number of likely N-dealkylation sites (tertiary alicyclic amines) is 1. The number of hydrogen-bond acceptors (Lipinski definition) is 4. The third-order valence-electron chi connectivity index (χ3n) is 8.37. The highest BCUT2D eigenvalue weighted by Crippen LogP contribution is 2.39. The van der Waals surface area contributed by atoms with Crippen molar-refractivity contribution in [2.24, 2.45) is 11.8 Å². The van der Waals surface area contributed by atoms with Crippen LogP contribution in [0.1, 0.15) is 50.0 Å². The van der Waals surface area contributed by atoms with Crippen molar-refractivity contribution in [3.8, 4) is 11.3 Å². The average Bonchev–Trinajstić information content (AvgIpc) is 3.63. The number of nitrogens with one attached hydrogen (secondary N) is 1. The van der Waals surface area contributed by atoms with Gasteiger partial charge in [-0.3, -0.25) is 4.79 Å². The first-order valence-corrected chi connectivity index (χ1v) is 15.1. The summed E-state index contributed by atoms with van der Waals surface area (Å²) in [4.78, 5) is 20.7. The van der Waals surface area contributed by atoms with Crippen molar-refractivity contribution < 1.29 is 4.79 Å². The smallest absolute Gasteiger partial charge is 0.230 e. The number of fused-ring (bicyclic) bond motifs is 1. The molecule has 39 heavy (non-hydrogen) atoms. The molecule has 202 valence electrons. The van der Waals surface area contributed by atoms with Crippen LogP contribution in [0.3, 0.4) is 0 Å². The molecule has 1 aliphatic heterocycles. The number of benzene rings is 2. The van der Waals surface area contributed by atoms with Crippen molar-refractivity contribution in [3.63, 3.8) is 0 Å². The number of halogens is 2. The Balaban J connectivity index is 1.14. The predicted molar refractivity (Wildman–Crippen MR) is 160 cm³/mol. The van der Waals surface area contributed by atoms with Crippen LogP contribution in [0.25, 0.3) is 16.9 Å². The summed E-state index contributed by atoms with van der Waals surface area (Å²) < 4.78 is 2.66. The molecule has 2 fully saturated rings. The Kier molecular flexibility index (Phi) is 7.89. The molecule has 6 rings (SSSR count). The molecule has 2 aromatic heterocycles. The van der Waals surface area contributed by atoms with E-state index in [1.807, 2.05) is 40.9 Å². The van der Waals surface area contributed by atoms with Gasteiger partial charge in [0.25, 0.3) is 0 Å². The molecule has 1 amide bonds. The Morgan fingerprint density at radius 3 is 2.49 bits per heavy atom. The Bertz CT molecular complexity index is 1440. The molecule has 1 atom stereocenters. The summed E-state index contributed by atoms with van der Waals surface area (Å²) in [5.74, 6) is 2.14. The number of rotatable bonds is 7. The third-order valence-corrected chi connectivity index (χ3v) is 9.26. The van der Waals surface area contributed by atoms with E-state index in [9.17, 15) is 4.79 Å². The van der Waals surface area contributed by atoms with Crippen LogP contribution in [-0.4, -0.2) is 45.0 Å². The van der Waals surface area contributed by atoms with Crippen molar-refractivity contribution in [1.29, 1.82) is 0 Å². The lowest BCUT2D eigenvalue weighted by Crippen LogP contribution is -2.43. The topological polar surface area (TPSA) is 62.5 Å². The van der Waals surface area contributed by atoms with Gasteiger partial charge in [0.1, 0.15) is 5.82 Å². The van der Waals surface area contributed by atoms with Crippen LogP contribution in [-0.2, 0) is 4.79 Å². The van der Waals surface area contributed by atoms with Gasteiger partial charge in [-0.05, 0) is 65.1 Å². The zero-order valence-corrected chi connectivity index (χ0v) is 24.2. The fourth-order valence-corrected chi connectivity index (χ4v) is 6.82. The van der Waals surface area contributed by atoms with Gasteiger partial charge in [0.15, 0.2) is 5.65 Å². The molecule has 1 N–H and O–H groups in total. The van der Waals surface area contributed by atoms with Crippen LogP contribution in [0.15, 0.2) is 71.3 Å². The van der Waals surface area contributed by atoms with E-state index in [-0.39, 0.29) is 5.92 Å². The summed E-state index contributed by atoms with van der Waals surface area (Å²) in [6, 6.07) is 20.2. The molecule has 6 nitrogen and oxygen atoms in total. The van der Waals surface area contributed by atoms with Crippen molar-refractivity contribution in [2.75, 3.05) is 25.0 Å². The van der Waals surface area contributed by atoms with Gasteiger partial charge in [0.2, 0.25) is 5.91 Å². The summed E-state index contributed by atoms with van der Waals surface area (Å²) in [7, 11) is 0. The zero-order chi connectivity index (χ0) is 26.8. The maximum Gasteiger partial charge on any atom is 0.230 e. The molecule has 2 aromatic carbocycles. The van der Waals surface area contributed by atoms with Crippen LogP contribution in [0, 0.1) is 11.8 Å². The highest BCUT2D eigenvalue weighted by Gasteiger charge is 2.35. The molecule has 1 aliphatic carbocycles. The van der Waals surface area contributed by atoms with E-state index in [1.54, 1.807) is 6.20 Å². The quantitative estimate of drug-likeness (QED) is 0.238. The first kappa shape index (κ1) is 26.3. The number of amides is 1. The number of nitrogens with zero attached hydrogens (tertiary/aromatic N) is 4. The van der Waals surface area contributed by atoms with Crippen molar-refractivity contribution in [3.05, 3.63) is 81.9 Å². The molecule has 1 saturated carbocycles. The van der Waals surface area contributed by atoms with Crippen LogP contribution >= 0.6 is 27.5 Å². The molecule has 0 spiro atoms. The second kappa shape index (κ2) is 11.7. The summed E-state index contributed by atoms with van der Waals surface area (Å²) >= 11 is 10.1. The maximum atomic E-state index is 13.8. The third kappa shape index (κ3) is 5.57. The Morgan fingerprint density at radius 1 is 1.03 bits per heavy atom. The van der Waals surface area contributed by atoms with E-state index in [2.05, 4.69) is 55.5 Å². The predicted octanol–water partition coefficient (Wildman–Crippen LogP) is 7.44. The first-order chi connectivity index (χ1) is 19.1. The lowest BCUT2D eigenvalue weighted by molar-refractivity contribution is -0.135. The van der Waals surface area contributed by atoms with Crippen LogP contribution in [0.2, 0.25) is 5.02 Å². The molecule has 8 heteroatoms. The Morgan fingerprint density at radius 2 is 1.74 bits per heavy atom. The second-order valence-electron chi connectivity index (χ2n) is 10.8. The van der Waals surface area contributed by atoms with Crippen molar-refractivity contribution in [1.82, 2.24) is 19.5 Å². The number of aromatic nitrogens is 3. The second-order valence-corrected chi connectivity index (χ2v) is 12.1. The molecule has 1 unspecified atom stereocenters. The molecule has 0 bridgehead atoms. The molecule has 4 aromatic rings. The standard InChI is InChI=1S/C31H33BrClN5O/c32-25-20-35-38-28(18-27(36-30(25)38)24-12-6-7-13-26(24)33)34-19-21-14-16-37(17-15-21)31(39)29(23-10-4-5-11-23)22-8-2-1-3-9-22/h1-3,6-9,12-13,18,20-21,23,29,34H,4-5,10-11,14-17,19H2. The van der Waals surface area contributed by atoms with Crippen molar-refractivity contribution in [2.45, 2.75) is 44.4 Å². The number of hydrogen-bond donors (Lipinski definition) is 1. The summed E-state index contributed by atoms with van der Waals surface area (Å²) in [5.41, 5.74) is 3.62. The molecule has 0 radical (unpaired) electrons. The Hall–Kier alpha value is -2.90. The summed E-state index contributed by atoms with van der Waals surface area (Å²) in [6.07, 6.45) is 8.53. The fourth-order valence-electron chi connectivity index (χ4n) is 6.24. The number of carbonyl (C=O) groups is 1. The van der Waals surface area contributed by atoms with Gasteiger partial charge in [-0.1, -0.05) is 73.0 Å². The maximum absolute atomic E-state index is 13.8. The zero-order valence-electron chi connectivity index (χ0n) is 21.9. The van der Waals surface area contributed by atoms with Gasteiger partial charge >= 0.3 is 0 Å². The summed E-state index contributed by atoms with van der Waals surface area (Å²) in [6.45, 7) is 2.43. The van der Waals surface area contributed by atoms with Gasteiger partial charge in [-0.15, -0.1) is 0 Å². The molecule has 2 aliphatic rings. The highest BCUT2D eigenvalue weighted by molar-refractivity contribution is 9.10. The number of carbonyl (C=O) groups excluding carboxylic acids is 1. The molecule has 3 heterocycles. The minimum absolute atomic E-state index is 0.00466. The van der Waals surface area contributed by atoms with Crippen LogP contribution in [0.5, 0.6) is 0 Å².